The number of para-hydroxylation sites is 1. The predicted molar refractivity (Wildman–Crippen MR) is 105 cm³/mol. The minimum atomic E-state index is -0.294. The van der Waals surface area contributed by atoms with Crippen molar-refractivity contribution in [2.75, 3.05) is 6.54 Å². The highest BCUT2D eigenvalue weighted by Gasteiger charge is 2.12. The second-order valence-corrected chi connectivity index (χ2v) is 6.74. The van der Waals surface area contributed by atoms with E-state index in [0.29, 0.717) is 36.2 Å². The zero-order chi connectivity index (χ0) is 19.7. The smallest absolute Gasteiger partial charge is 0.255 e. The molecule has 0 fully saturated rings. The number of nitrogens with zero attached hydrogens (tertiary/aromatic N) is 4. The first kappa shape index (κ1) is 17.8. The molecule has 2 N–H and O–H groups in total. The molecule has 0 bridgehead atoms. The Morgan fingerprint density at radius 3 is 2.86 bits per heavy atom. The number of carbonyl (C=O) groups excluding carboxylic acids is 1. The van der Waals surface area contributed by atoms with Crippen LogP contribution in [0.2, 0.25) is 0 Å². The van der Waals surface area contributed by atoms with Crippen LogP contribution < -0.4 is 10.9 Å². The lowest BCUT2D eigenvalue weighted by atomic mass is 10.1. The molecule has 8 heteroatoms. The Labute approximate surface area is 160 Å². The summed E-state index contributed by atoms with van der Waals surface area (Å²) in [6, 6.07) is 10.6. The highest BCUT2D eigenvalue weighted by molar-refractivity contribution is 6.05. The fourth-order valence-corrected chi connectivity index (χ4v) is 3.40. The summed E-state index contributed by atoms with van der Waals surface area (Å²) in [5, 5.41) is 11.9. The number of nitrogens with one attached hydrogen (secondary N) is 2. The van der Waals surface area contributed by atoms with E-state index in [2.05, 4.69) is 25.5 Å². The molecular formula is C20H20N6O2. The number of pyridine rings is 1. The number of hydrogen-bond donors (Lipinski definition) is 2. The maximum Gasteiger partial charge on any atom is 0.255 e. The fraction of sp³-hybridized carbons (Fsp3) is 0.250. The van der Waals surface area contributed by atoms with Crippen molar-refractivity contribution in [1.29, 1.82) is 0 Å². The van der Waals surface area contributed by atoms with Crippen LogP contribution in [0.4, 0.5) is 0 Å². The van der Waals surface area contributed by atoms with Crippen molar-refractivity contribution in [2.24, 2.45) is 0 Å². The van der Waals surface area contributed by atoms with Gasteiger partial charge in [-0.2, -0.15) is 0 Å². The Balaban J connectivity index is 1.44. The summed E-state index contributed by atoms with van der Waals surface area (Å²) in [7, 11) is 0. The number of amides is 1. The number of aromatic amines is 1. The Hall–Kier alpha value is -3.55. The van der Waals surface area contributed by atoms with Gasteiger partial charge in [0, 0.05) is 41.3 Å². The molecule has 4 rings (SSSR count). The zero-order valence-electron chi connectivity index (χ0n) is 15.7. The van der Waals surface area contributed by atoms with Crippen LogP contribution in [0, 0.1) is 13.8 Å². The molecule has 0 atom stereocenters. The third-order valence-corrected chi connectivity index (χ3v) is 4.62. The Morgan fingerprint density at radius 2 is 2.00 bits per heavy atom. The van der Waals surface area contributed by atoms with Gasteiger partial charge in [0.05, 0.1) is 5.56 Å². The fourth-order valence-electron chi connectivity index (χ4n) is 3.40. The van der Waals surface area contributed by atoms with Crippen LogP contribution in [-0.4, -0.2) is 37.0 Å². The third-order valence-electron chi connectivity index (χ3n) is 4.62. The Bertz CT molecular complexity index is 1240. The summed E-state index contributed by atoms with van der Waals surface area (Å²) in [6.07, 6.45) is 1.35. The van der Waals surface area contributed by atoms with Crippen molar-refractivity contribution in [3.63, 3.8) is 0 Å². The van der Waals surface area contributed by atoms with E-state index in [1.54, 1.807) is 6.07 Å². The highest BCUT2D eigenvalue weighted by Crippen LogP contribution is 2.14. The van der Waals surface area contributed by atoms with Gasteiger partial charge >= 0.3 is 0 Å². The molecule has 1 amide bonds. The van der Waals surface area contributed by atoms with Crippen LogP contribution in [-0.2, 0) is 6.42 Å². The summed E-state index contributed by atoms with van der Waals surface area (Å²) in [4.78, 5) is 31.5. The van der Waals surface area contributed by atoms with Crippen LogP contribution in [0.5, 0.6) is 0 Å². The maximum atomic E-state index is 12.6. The van der Waals surface area contributed by atoms with Crippen molar-refractivity contribution >= 4 is 22.6 Å². The van der Waals surface area contributed by atoms with Crippen molar-refractivity contribution in [1.82, 2.24) is 29.9 Å². The SMILES string of the molecule is Cc1cc(C)n2c(CCCNC(=O)c3cc(=O)[nH]c4ccccc34)nnc2n1. The van der Waals surface area contributed by atoms with E-state index in [1.807, 2.05) is 42.5 Å². The molecule has 0 saturated carbocycles. The monoisotopic (exact) mass is 376 g/mol. The van der Waals surface area contributed by atoms with E-state index in [4.69, 9.17) is 0 Å². The average molecular weight is 376 g/mol. The van der Waals surface area contributed by atoms with Gasteiger partial charge in [0.15, 0.2) is 0 Å². The first-order valence-electron chi connectivity index (χ1n) is 9.11. The topological polar surface area (TPSA) is 105 Å². The molecule has 0 aliphatic carbocycles. The molecule has 28 heavy (non-hydrogen) atoms. The standard InChI is InChI=1S/C20H20N6O2/c1-12-10-13(2)26-17(24-25-20(26)22-12)8-5-9-21-19(28)15-11-18(27)23-16-7-4-3-6-14(15)16/h3-4,6-7,10-11H,5,8-9H2,1-2H3,(H,21,28)(H,23,27). The van der Waals surface area contributed by atoms with Crippen molar-refractivity contribution in [3.8, 4) is 0 Å². The predicted octanol–water partition coefficient (Wildman–Crippen LogP) is 1.95. The molecule has 4 aromatic rings. The van der Waals surface area contributed by atoms with Crippen LogP contribution in [0.1, 0.15) is 34.0 Å². The van der Waals surface area contributed by atoms with Crippen molar-refractivity contribution in [3.05, 3.63) is 69.5 Å². The van der Waals surface area contributed by atoms with Crippen molar-refractivity contribution in [2.45, 2.75) is 26.7 Å². The van der Waals surface area contributed by atoms with Gasteiger partial charge in [-0.1, -0.05) is 18.2 Å². The summed E-state index contributed by atoms with van der Waals surface area (Å²) in [5.41, 5.74) is 2.66. The molecule has 0 saturated heterocycles. The molecule has 0 spiro atoms. The largest absolute Gasteiger partial charge is 0.352 e. The molecule has 0 radical (unpaired) electrons. The number of aryl methyl sites for hydroxylation is 3. The van der Waals surface area contributed by atoms with Crippen LogP contribution in [0.25, 0.3) is 16.7 Å². The molecule has 0 unspecified atom stereocenters. The van der Waals surface area contributed by atoms with Gasteiger partial charge in [0.25, 0.3) is 11.7 Å². The van der Waals surface area contributed by atoms with E-state index in [1.165, 1.54) is 6.07 Å². The number of carbonyl (C=O) groups is 1. The number of aromatic nitrogens is 5. The molecule has 142 valence electrons. The number of H-pyrrole nitrogens is 1. The number of hydrogen-bond acceptors (Lipinski definition) is 5. The first-order valence-corrected chi connectivity index (χ1v) is 9.11. The lowest BCUT2D eigenvalue weighted by Gasteiger charge is -2.08. The van der Waals surface area contributed by atoms with Crippen LogP contribution in [0.15, 0.2) is 41.2 Å². The van der Waals surface area contributed by atoms with E-state index in [0.717, 1.165) is 22.6 Å². The van der Waals surface area contributed by atoms with Gasteiger partial charge in [-0.15, -0.1) is 10.2 Å². The summed E-state index contributed by atoms with van der Waals surface area (Å²) in [5.74, 6) is 1.14. The van der Waals surface area contributed by atoms with Crippen molar-refractivity contribution < 1.29 is 4.79 Å². The van der Waals surface area contributed by atoms with Gasteiger partial charge in [-0.3, -0.25) is 14.0 Å². The highest BCUT2D eigenvalue weighted by atomic mass is 16.2. The van der Waals surface area contributed by atoms with Gasteiger partial charge < -0.3 is 10.3 Å². The molecule has 0 aliphatic rings. The molecule has 3 aromatic heterocycles. The summed E-state index contributed by atoms with van der Waals surface area (Å²) in [6.45, 7) is 4.39. The molecule has 8 nitrogen and oxygen atoms in total. The molecule has 3 heterocycles. The van der Waals surface area contributed by atoms with Gasteiger partial charge in [0.2, 0.25) is 5.56 Å². The van der Waals surface area contributed by atoms with Crippen LogP contribution in [0.3, 0.4) is 0 Å². The van der Waals surface area contributed by atoms with Gasteiger partial charge in [-0.25, -0.2) is 4.98 Å². The number of fused-ring (bicyclic) bond motifs is 2. The minimum absolute atomic E-state index is 0.262. The lowest BCUT2D eigenvalue weighted by Crippen LogP contribution is -2.26. The minimum Gasteiger partial charge on any atom is -0.352 e. The number of rotatable bonds is 5. The maximum absolute atomic E-state index is 12.6. The third kappa shape index (κ3) is 3.36. The van der Waals surface area contributed by atoms with E-state index >= 15 is 0 Å². The average Bonchev–Trinajstić information content (AvgIpc) is 3.07. The van der Waals surface area contributed by atoms with E-state index < -0.39 is 0 Å². The number of benzene rings is 1. The summed E-state index contributed by atoms with van der Waals surface area (Å²) < 4.78 is 1.93. The molecule has 0 aliphatic heterocycles. The Morgan fingerprint density at radius 1 is 1.18 bits per heavy atom. The van der Waals surface area contributed by atoms with Gasteiger partial charge in [0.1, 0.15) is 5.82 Å². The zero-order valence-corrected chi connectivity index (χ0v) is 15.7. The first-order chi connectivity index (χ1) is 13.5. The lowest BCUT2D eigenvalue weighted by molar-refractivity contribution is 0.0954. The quantitative estimate of drug-likeness (QED) is 0.518. The van der Waals surface area contributed by atoms with Crippen LogP contribution >= 0.6 is 0 Å². The second kappa shape index (κ2) is 7.22. The Kier molecular flexibility index (Phi) is 4.60. The second-order valence-electron chi connectivity index (χ2n) is 6.74. The molecule has 1 aromatic carbocycles. The van der Waals surface area contributed by atoms with Gasteiger partial charge in [-0.05, 0) is 32.4 Å². The van der Waals surface area contributed by atoms with E-state index in [-0.39, 0.29) is 11.5 Å². The van der Waals surface area contributed by atoms with E-state index in [9.17, 15) is 9.59 Å². The molecular weight excluding hydrogens is 356 g/mol. The summed E-state index contributed by atoms with van der Waals surface area (Å²) >= 11 is 0. The normalized spacial score (nSPS) is 11.2.